The van der Waals surface area contributed by atoms with E-state index in [4.69, 9.17) is 28.9 Å². The summed E-state index contributed by atoms with van der Waals surface area (Å²) in [4.78, 5) is 0. The zero-order valence-corrected chi connectivity index (χ0v) is 12.6. The number of hydrogen-bond acceptors (Lipinski definition) is 4. The van der Waals surface area contributed by atoms with Crippen LogP contribution in [0.3, 0.4) is 0 Å². The first-order valence-electron chi connectivity index (χ1n) is 6.17. The molecule has 0 aliphatic rings. The summed E-state index contributed by atoms with van der Waals surface area (Å²) in [6, 6.07) is 10.9. The molecule has 0 saturated heterocycles. The Morgan fingerprint density at radius 1 is 1.10 bits per heavy atom. The van der Waals surface area contributed by atoms with Gasteiger partial charge in [0, 0.05) is 10.7 Å². The van der Waals surface area contributed by atoms with E-state index in [0.29, 0.717) is 27.1 Å². The Labute approximate surface area is 131 Å². The molecule has 0 bridgehead atoms. The second-order valence-corrected chi connectivity index (χ2v) is 5.37. The minimum Gasteiger partial charge on any atom is -0.398 e. The van der Waals surface area contributed by atoms with Crippen molar-refractivity contribution in [1.29, 1.82) is 0 Å². The van der Waals surface area contributed by atoms with Gasteiger partial charge in [0.15, 0.2) is 5.82 Å². The van der Waals surface area contributed by atoms with Gasteiger partial charge in [-0.15, -0.1) is 5.10 Å². The van der Waals surface area contributed by atoms with Crippen LogP contribution in [-0.2, 0) is 0 Å². The fourth-order valence-corrected chi connectivity index (χ4v) is 2.45. The Balaban J connectivity index is 2.20. The summed E-state index contributed by atoms with van der Waals surface area (Å²) in [6.45, 7) is 1.93. The van der Waals surface area contributed by atoms with E-state index in [2.05, 4.69) is 15.5 Å². The predicted octanol–water partition coefficient (Wildman–Crippen LogP) is 3.53. The molecular weight excluding hydrogens is 309 g/mol. The molecule has 106 valence electrons. The molecule has 0 spiro atoms. The number of rotatable bonds is 2. The molecule has 0 fully saturated rings. The third-order valence-corrected chi connectivity index (χ3v) is 3.86. The lowest BCUT2D eigenvalue weighted by Crippen LogP contribution is -2.02. The van der Waals surface area contributed by atoms with Crippen molar-refractivity contribution in [3.8, 4) is 17.1 Å². The van der Waals surface area contributed by atoms with Crippen LogP contribution in [0.5, 0.6) is 0 Å². The molecule has 7 heteroatoms. The molecule has 2 aromatic carbocycles. The van der Waals surface area contributed by atoms with Crippen LogP contribution in [0.1, 0.15) is 5.56 Å². The van der Waals surface area contributed by atoms with Crippen molar-refractivity contribution in [2.45, 2.75) is 6.92 Å². The number of nitrogen functional groups attached to an aromatic ring is 1. The molecule has 21 heavy (non-hydrogen) atoms. The van der Waals surface area contributed by atoms with E-state index >= 15 is 0 Å². The van der Waals surface area contributed by atoms with E-state index < -0.39 is 0 Å². The minimum absolute atomic E-state index is 0.470. The molecule has 0 unspecified atom stereocenters. The van der Waals surface area contributed by atoms with Crippen LogP contribution >= 0.6 is 23.2 Å². The first-order chi connectivity index (χ1) is 10.1. The summed E-state index contributed by atoms with van der Waals surface area (Å²) in [7, 11) is 0. The smallest absolute Gasteiger partial charge is 0.190 e. The van der Waals surface area contributed by atoms with Crippen LogP contribution in [0, 0.1) is 6.92 Å². The SMILES string of the molecule is Cc1ccc(-n2nnnc2-c2c(N)cccc2Cl)cc1Cl. The molecule has 0 saturated carbocycles. The maximum absolute atomic E-state index is 6.22. The van der Waals surface area contributed by atoms with E-state index in [1.807, 2.05) is 19.1 Å². The van der Waals surface area contributed by atoms with Crippen molar-refractivity contribution >= 4 is 28.9 Å². The van der Waals surface area contributed by atoms with Gasteiger partial charge in [0.25, 0.3) is 0 Å². The molecule has 3 rings (SSSR count). The van der Waals surface area contributed by atoms with Gasteiger partial charge in [0.05, 0.1) is 16.3 Å². The number of nitrogens with two attached hydrogens (primary N) is 1. The van der Waals surface area contributed by atoms with Gasteiger partial charge in [-0.05, 0) is 47.2 Å². The molecular formula is C14H11Cl2N5. The number of aryl methyl sites for hydroxylation is 1. The van der Waals surface area contributed by atoms with Crippen molar-refractivity contribution in [1.82, 2.24) is 20.2 Å². The summed E-state index contributed by atoms with van der Waals surface area (Å²) >= 11 is 12.4. The van der Waals surface area contributed by atoms with Crippen molar-refractivity contribution in [2.75, 3.05) is 5.73 Å². The van der Waals surface area contributed by atoms with Gasteiger partial charge in [-0.3, -0.25) is 0 Å². The highest BCUT2D eigenvalue weighted by atomic mass is 35.5. The van der Waals surface area contributed by atoms with Crippen LogP contribution in [0.25, 0.3) is 17.1 Å². The van der Waals surface area contributed by atoms with E-state index in [0.717, 1.165) is 11.3 Å². The molecule has 0 atom stereocenters. The zero-order valence-electron chi connectivity index (χ0n) is 11.1. The predicted molar refractivity (Wildman–Crippen MR) is 83.8 cm³/mol. The second kappa shape index (κ2) is 5.35. The van der Waals surface area contributed by atoms with Gasteiger partial charge in [-0.2, -0.15) is 4.68 Å². The monoisotopic (exact) mass is 319 g/mol. The van der Waals surface area contributed by atoms with Crippen LogP contribution in [0.2, 0.25) is 10.0 Å². The van der Waals surface area contributed by atoms with Gasteiger partial charge in [0.2, 0.25) is 0 Å². The highest BCUT2D eigenvalue weighted by Crippen LogP contribution is 2.32. The second-order valence-electron chi connectivity index (χ2n) is 4.55. The highest BCUT2D eigenvalue weighted by molar-refractivity contribution is 6.34. The quantitative estimate of drug-likeness (QED) is 0.733. The van der Waals surface area contributed by atoms with Crippen molar-refractivity contribution in [3.05, 3.63) is 52.0 Å². The Hall–Kier alpha value is -2.11. The van der Waals surface area contributed by atoms with E-state index in [-0.39, 0.29) is 0 Å². The zero-order chi connectivity index (χ0) is 15.0. The topological polar surface area (TPSA) is 69.6 Å². The Morgan fingerprint density at radius 3 is 2.62 bits per heavy atom. The number of benzene rings is 2. The number of anilines is 1. The number of tetrazole rings is 1. The maximum Gasteiger partial charge on any atom is 0.190 e. The lowest BCUT2D eigenvalue weighted by Gasteiger charge is -2.09. The molecule has 1 aromatic heterocycles. The van der Waals surface area contributed by atoms with Crippen LogP contribution in [0.4, 0.5) is 5.69 Å². The normalized spacial score (nSPS) is 10.8. The lowest BCUT2D eigenvalue weighted by atomic mass is 10.1. The number of halogens is 2. The van der Waals surface area contributed by atoms with Gasteiger partial charge in [0.1, 0.15) is 0 Å². The third-order valence-electron chi connectivity index (χ3n) is 3.14. The van der Waals surface area contributed by atoms with Crippen molar-refractivity contribution in [2.24, 2.45) is 0 Å². The number of hydrogen-bond donors (Lipinski definition) is 1. The summed E-state index contributed by atoms with van der Waals surface area (Å²) in [5, 5.41) is 12.9. The first kappa shape index (κ1) is 13.9. The van der Waals surface area contributed by atoms with Crippen LogP contribution in [-0.4, -0.2) is 20.2 Å². The summed E-state index contributed by atoms with van der Waals surface area (Å²) in [6.07, 6.45) is 0. The Bertz CT molecular complexity index is 793. The first-order valence-corrected chi connectivity index (χ1v) is 6.93. The van der Waals surface area contributed by atoms with E-state index in [9.17, 15) is 0 Å². The minimum atomic E-state index is 0.470. The van der Waals surface area contributed by atoms with E-state index in [1.165, 1.54) is 0 Å². The average Bonchev–Trinajstić information content (AvgIpc) is 2.91. The number of nitrogens with zero attached hydrogens (tertiary/aromatic N) is 4. The van der Waals surface area contributed by atoms with Gasteiger partial charge >= 0.3 is 0 Å². The Morgan fingerprint density at radius 2 is 1.90 bits per heavy atom. The summed E-state index contributed by atoms with van der Waals surface area (Å²) < 4.78 is 1.56. The molecule has 3 aromatic rings. The standard InChI is InChI=1S/C14H11Cl2N5/c1-8-5-6-9(7-11(8)16)21-14(18-19-20-21)13-10(15)3-2-4-12(13)17/h2-7H,17H2,1H3. The molecule has 0 radical (unpaired) electrons. The van der Waals surface area contributed by atoms with Gasteiger partial charge < -0.3 is 5.73 Å². The van der Waals surface area contributed by atoms with Crippen molar-refractivity contribution in [3.63, 3.8) is 0 Å². The van der Waals surface area contributed by atoms with Gasteiger partial charge in [-0.25, -0.2) is 0 Å². The lowest BCUT2D eigenvalue weighted by molar-refractivity contribution is 0.791. The largest absolute Gasteiger partial charge is 0.398 e. The fraction of sp³-hybridized carbons (Fsp3) is 0.0714. The highest BCUT2D eigenvalue weighted by Gasteiger charge is 2.17. The molecule has 5 nitrogen and oxygen atoms in total. The molecule has 0 amide bonds. The molecule has 2 N–H and O–H groups in total. The molecule has 0 aliphatic heterocycles. The average molecular weight is 320 g/mol. The molecule has 1 heterocycles. The maximum atomic E-state index is 6.22. The van der Waals surface area contributed by atoms with Crippen molar-refractivity contribution < 1.29 is 0 Å². The van der Waals surface area contributed by atoms with Crippen LogP contribution < -0.4 is 5.73 Å². The fourth-order valence-electron chi connectivity index (χ4n) is 2.01. The third kappa shape index (κ3) is 2.46. The van der Waals surface area contributed by atoms with Gasteiger partial charge in [-0.1, -0.05) is 35.3 Å². The molecule has 0 aliphatic carbocycles. The summed E-state index contributed by atoms with van der Waals surface area (Å²) in [5.41, 5.74) is 8.82. The number of aromatic nitrogens is 4. The Kier molecular flexibility index (Phi) is 3.53. The van der Waals surface area contributed by atoms with E-state index in [1.54, 1.807) is 28.9 Å². The summed E-state index contributed by atoms with van der Waals surface area (Å²) in [5.74, 6) is 0.470. The van der Waals surface area contributed by atoms with Crippen LogP contribution in [0.15, 0.2) is 36.4 Å².